The van der Waals surface area contributed by atoms with E-state index in [1.165, 1.54) is 25.3 Å². The Hall–Kier alpha value is -1.89. The molecule has 5 nitrogen and oxygen atoms in total. The van der Waals surface area contributed by atoms with Crippen LogP contribution in [0.5, 0.6) is 0 Å². The Labute approximate surface area is 159 Å². The van der Waals surface area contributed by atoms with Gasteiger partial charge >= 0.3 is 6.18 Å². The van der Waals surface area contributed by atoms with Gasteiger partial charge in [-0.2, -0.15) is 13.2 Å². The molecule has 10 heteroatoms. The number of nitro groups is 1. The molecule has 0 bridgehead atoms. The molecular formula is C17H16ClF3NO4P. The van der Waals surface area contributed by atoms with Gasteiger partial charge in [-0.15, -0.1) is 0 Å². The molecule has 0 aromatic heterocycles. The van der Waals surface area contributed by atoms with Crippen LogP contribution in [0.1, 0.15) is 29.2 Å². The summed E-state index contributed by atoms with van der Waals surface area (Å²) in [5.74, 6) is 0. The molecular weight excluding hydrogens is 406 g/mol. The van der Waals surface area contributed by atoms with E-state index in [1.54, 1.807) is 6.92 Å². The summed E-state index contributed by atoms with van der Waals surface area (Å²) in [5, 5.41) is 11.2. The average Bonchev–Trinajstić information content (AvgIpc) is 2.61. The molecule has 0 fully saturated rings. The molecule has 2 rings (SSSR count). The third-order valence-electron chi connectivity index (χ3n) is 4.06. The Morgan fingerprint density at radius 2 is 1.85 bits per heavy atom. The predicted molar refractivity (Wildman–Crippen MR) is 97.4 cm³/mol. The highest BCUT2D eigenvalue weighted by molar-refractivity contribution is 7.48. The summed E-state index contributed by atoms with van der Waals surface area (Å²) in [6, 6.07) is 5.77. The van der Waals surface area contributed by atoms with E-state index >= 15 is 0 Å². The van der Waals surface area contributed by atoms with E-state index in [0.717, 1.165) is 12.1 Å². The van der Waals surface area contributed by atoms with E-state index in [9.17, 15) is 27.9 Å². The number of halogens is 4. The average molecular weight is 422 g/mol. The maximum absolute atomic E-state index is 12.8. The second kappa shape index (κ2) is 8.42. The zero-order valence-corrected chi connectivity index (χ0v) is 16.1. The van der Waals surface area contributed by atoms with Crippen molar-refractivity contribution in [2.45, 2.75) is 25.9 Å². The van der Waals surface area contributed by atoms with Crippen LogP contribution in [-0.4, -0.2) is 12.0 Å². The van der Waals surface area contributed by atoms with Crippen LogP contribution >= 0.6 is 19.6 Å². The first-order valence-electron chi connectivity index (χ1n) is 7.82. The molecule has 2 aromatic carbocycles. The highest BCUT2D eigenvalue weighted by Crippen LogP contribution is 2.34. The minimum atomic E-state index is -4.50. The molecule has 0 aliphatic rings. The van der Waals surface area contributed by atoms with Crippen molar-refractivity contribution in [3.63, 3.8) is 0 Å². The lowest BCUT2D eigenvalue weighted by atomic mass is 9.97. The van der Waals surface area contributed by atoms with Crippen LogP contribution in [0, 0.1) is 10.1 Å². The van der Waals surface area contributed by atoms with Crippen LogP contribution in [0.2, 0.25) is 5.02 Å². The maximum atomic E-state index is 12.8. The van der Waals surface area contributed by atoms with Crippen LogP contribution < -0.4 is 5.30 Å². The summed E-state index contributed by atoms with van der Waals surface area (Å²) < 4.78 is 55.2. The molecule has 146 valence electrons. The van der Waals surface area contributed by atoms with Crippen LogP contribution in [0.4, 0.5) is 18.9 Å². The molecule has 0 spiro atoms. The van der Waals surface area contributed by atoms with E-state index in [0.29, 0.717) is 23.1 Å². The van der Waals surface area contributed by atoms with Gasteiger partial charge in [0.1, 0.15) is 5.30 Å². The summed E-state index contributed by atoms with van der Waals surface area (Å²) in [7, 11) is -1.64. The smallest absolute Gasteiger partial charge is 0.330 e. The molecule has 0 saturated heterocycles. The number of hydrogen-bond donors (Lipinski definition) is 0. The van der Waals surface area contributed by atoms with E-state index in [4.69, 9.17) is 16.1 Å². The highest BCUT2D eigenvalue weighted by Gasteiger charge is 2.31. The van der Waals surface area contributed by atoms with Crippen molar-refractivity contribution in [2.24, 2.45) is 0 Å². The van der Waals surface area contributed by atoms with Crippen LogP contribution in [0.3, 0.4) is 0 Å². The van der Waals surface area contributed by atoms with Crippen LogP contribution in [0.25, 0.3) is 0 Å². The van der Waals surface area contributed by atoms with Crippen LogP contribution in [-0.2, 0) is 28.1 Å². The molecule has 0 heterocycles. The summed E-state index contributed by atoms with van der Waals surface area (Å²) >= 11 is 6.00. The van der Waals surface area contributed by atoms with Gasteiger partial charge in [-0.3, -0.25) is 14.7 Å². The van der Waals surface area contributed by atoms with Crippen molar-refractivity contribution in [1.29, 1.82) is 0 Å². The minimum Gasteiger partial charge on any atom is -0.330 e. The third kappa shape index (κ3) is 4.89. The fourth-order valence-corrected chi connectivity index (χ4v) is 3.80. The van der Waals surface area contributed by atoms with Crippen molar-refractivity contribution in [3.05, 3.63) is 67.7 Å². The number of hydrogen-bond acceptors (Lipinski definition) is 4. The number of aryl methyl sites for hydroxylation is 1. The lowest BCUT2D eigenvalue weighted by Gasteiger charge is -2.14. The van der Waals surface area contributed by atoms with E-state index in [1.807, 2.05) is 0 Å². The number of alkyl halides is 3. The number of rotatable bonds is 6. The SMILES string of the molecule is CCc1cc([N+](=O)[O-])c([PH](=O)OC)cc1Cc1ccc(C(F)(F)F)cc1Cl. The number of benzene rings is 2. The molecule has 27 heavy (non-hydrogen) atoms. The maximum Gasteiger partial charge on any atom is 0.416 e. The monoisotopic (exact) mass is 421 g/mol. The largest absolute Gasteiger partial charge is 0.416 e. The summed E-state index contributed by atoms with van der Waals surface area (Å²) in [4.78, 5) is 10.6. The molecule has 2 aromatic rings. The molecule has 0 aliphatic carbocycles. The van der Waals surface area contributed by atoms with Crippen molar-refractivity contribution >= 4 is 30.6 Å². The quantitative estimate of drug-likeness (QED) is 0.367. The standard InChI is InChI=1S/C17H16ClF3NO4P/c1-3-10-7-15(22(23)24)16(27(25)26-2)8-12(10)6-11-4-5-13(9-14(11)18)17(19,20)21/h4-5,7-9,27H,3,6H2,1-2H3. The molecule has 0 N–H and O–H groups in total. The Morgan fingerprint density at radius 1 is 1.19 bits per heavy atom. The first-order valence-corrected chi connectivity index (χ1v) is 9.52. The van der Waals surface area contributed by atoms with Crippen molar-refractivity contribution in [3.8, 4) is 0 Å². The molecule has 1 unspecified atom stereocenters. The van der Waals surface area contributed by atoms with Crippen molar-refractivity contribution in [2.75, 3.05) is 7.11 Å². The second-order valence-corrected chi connectivity index (χ2v) is 7.65. The first kappa shape index (κ1) is 21.4. The van der Waals surface area contributed by atoms with Gasteiger partial charge in [-0.05, 0) is 47.7 Å². The Morgan fingerprint density at radius 3 is 2.33 bits per heavy atom. The molecule has 0 amide bonds. The first-order chi connectivity index (χ1) is 12.6. The van der Waals surface area contributed by atoms with Gasteiger partial charge in [0, 0.05) is 18.2 Å². The topological polar surface area (TPSA) is 69.4 Å². The molecule has 0 radical (unpaired) electrons. The van der Waals surface area contributed by atoms with E-state index in [2.05, 4.69) is 0 Å². The van der Waals surface area contributed by atoms with Crippen molar-refractivity contribution in [1.82, 2.24) is 0 Å². The Bertz CT molecular complexity index is 902. The zero-order valence-electron chi connectivity index (χ0n) is 14.4. The summed E-state index contributed by atoms with van der Waals surface area (Å²) in [5.41, 5.74) is 0.472. The van der Waals surface area contributed by atoms with Gasteiger partial charge in [0.2, 0.25) is 8.03 Å². The normalized spacial score (nSPS) is 12.8. The lowest BCUT2D eigenvalue weighted by Crippen LogP contribution is -2.11. The number of nitrogens with zero attached hydrogens (tertiary/aromatic N) is 1. The lowest BCUT2D eigenvalue weighted by molar-refractivity contribution is -0.383. The van der Waals surface area contributed by atoms with Gasteiger partial charge in [-0.25, -0.2) is 0 Å². The van der Waals surface area contributed by atoms with Gasteiger partial charge in [0.15, 0.2) is 0 Å². The summed E-state index contributed by atoms with van der Waals surface area (Å²) in [6.45, 7) is 1.79. The molecule has 1 atom stereocenters. The van der Waals surface area contributed by atoms with Gasteiger partial charge in [0.05, 0.1) is 10.5 Å². The zero-order chi connectivity index (χ0) is 20.4. The van der Waals surface area contributed by atoms with Gasteiger partial charge < -0.3 is 4.52 Å². The molecule has 0 aliphatic heterocycles. The Kier molecular flexibility index (Phi) is 6.68. The minimum absolute atomic E-state index is 0.0391. The van der Waals surface area contributed by atoms with Crippen LogP contribution in [0.15, 0.2) is 30.3 Å². The fourth-order valence-electron chi connectivity index (χ4n) is 2.67. The highest BCUT2D eigenvalue weighted by atomic mass is 35.5. The Balaban J connectivity index is 2.52. The van der Waals surface area contributed by atoms with E-state index < -0.39 is 24.7 Å². The van der Waals surface area contributed by atoms with Gasteiger partial charge in [-0.1, -0.05) is 24.6 Å². The number of nitro benzene ring substituents is 1. The predicted octanol–water partition coefficient (Wildman–Crippen LogP) is 5.17. The third-order valence-corrected chi connectivity index (χ3v) is 5.63. The second-order valence-electron chi connectivity index (χ2n) is 5.72. The summed E-state index contributed by atoms with van der Waals surface area (Å²) in [6.07, 6.45) is -3.91. The van der Waals surface area contributed by atoms with Gasteiger partial charge in [0.25, 0.3) is 5.69 Å². The fraction of sp³-hybridized carbons (Fsp3) is 0.294. The van der Waals surface area contributed by atoms with Crippen molar-refractivity contribution < 1.29 is 27.2 Å². The van der Waals surface area contributed by atoms with E-state index in [-0.39, 0.29) is 22.4 Å². The molecule has 0 saturated carbocycles.